The topological polar surface area (TPSA) is 0 Å². The largest absolute Gasteiger partial charge is 0.169 e. The molecule has 0 spiro atoms. The van der Waals surface area contributed by atoms with E-state index in [9.17, 15) is 0 Å². The minimum Gasteiger partial charge on any atom is -0.169 e. The van der Waals surface area contributed by atoms with Gasteiger partial charge < -0.3 is 0 Å². The van der Waals surface area contributed by atoms with Gasteiger partial charge in [-0.1, -0.05) is 26.2 Å². The molecule has 0 aromatic rings. The van der Waals surface area contributed by atoms with Crippen LogP contribution in [0.3, 0.4) is 0 Å². The maximum absolute atomic E-state index is 5.44. The quantitative estimate of drug-likeness (QED) is 0.378. The molecule has 0 aromatic heterocycles. The van der Waals surface area contributed by atoms with E-state index in [1.54, 1.807) is 11.8 Å². The summed E-state index contributed by atoms with van der Waals surface area (Å²) in [5.74, 6) is 0.833. The molecule has 0 aromatic carbocycles. The van der Waals surface area contributed by atoms with Gasteiger partial charge in [0.25, 0.3) is 0 Å². The third-order valence-electron chi connectivity index (χ3n) is 0.987. The number of unbranched alkanes of at least 4 members (excludes halogenated alkanes) is 3. The summed E-state index contributed by atoms with van der Waals surface area (Å²) in [7, 11) is 0. The molecule has 0 heterocycles. The second-order valence-corrected chi connectivity index (χ2v) is 3.35. The molecule has 0 aliphatic heterocycles. The van der Waals surface area contributed by atoms with Gasteiger partial charge in [-0.25, -0.2) is 0 Å². The molecule has 0 amide bonds. The van der Waals surface area contributed by atoms with E-state index in [0.717, 1.165) is 5.88 Å². The molecule has 3 heteroatoms. The first-order valence-corrected chi connectivity index (χ1v) is 5.96. The van der Waals surface area contributed by atoms with Crippen molar-refractivity contribution in [1.82, 2.24) is 0 Å². The van der Waals surface area contributed by atoms with Crippen LogP contribution >= 0.6 is 23.4 Å². The van der Waals surface area contributed by atoms with Crippen LogP contribution in [0.15, 0.2) is 0 Å². The lowest BCUT2D eigenvalue weighted by Gasteiger charge is -1.89. The third-order valence-corrected chi connectivity index (χ3v) is 1.25. The van der Waals surface area contributed by atoms with Gasteiger partial charge in [0.05, 0.1) is 8.41 Å². The van der Waals surface area contributed by atoms with Gasteiger partial charge in [0, 0.05) is 5.88 Å². The van der Waals surface area contributed by atoms with Crippen molar-refractivity contribution in [1.29, 1.82) is 0 Å². The lowest BCUT2D eigenvalue weighted by atomic mass is 10.2. The van der Waals surface area contributed by atoms with Gasteiger partial charge in [0.2, 0.25) is 0 Å². The monoisotopic (exact) mass is 196 g/mol. The SMILES string of the molecule is B.CCCCCCCl.CSC. The van der Waals surface area contributed by atoms with Crippen LogP contribution in [0.1, 0.15) is 32.6 Å². The van der Waals surface area contributed by atoms with Gasteiger partial charge in [0.15, 0.2) is 0 Å². The minimum absolute atomic E-state index is 0. The molecule has 11 heavy (non-hydrogen) atoms. The Balaban J connectivity index is -0.000000140. The summed E-state index contributed by atoms with van der Waals surface area (Å²) in [5.41, 5.74) is 0. The predicted octanol–water partition coefficient (Wildman–Crippen LogP) is 2.60. The van der Waals surface area contributed by atoms with Crippen LogP contribution in [0.2, 0.25) is 0 Å². The zero-order valence-corrected chi connectivity index (χ0v) is 8.89. The minimum atomic E-state index is 0. The van der Waals surface area contributed by atoms with Crippen LogP contribution < -0.4 is 0 Å². The number of hydrogen-bond acceptors (Lipinski definition) is 1. The van der Waals surface area contributed by atoms with E-state index in [1.807, 2.05) is 12.5 Å². The summed E-state index contributed by atoms with van der Waals surface area (Å²) < 4.78 is 0. The average Bonchev–Trinajstić information content (AvgIpc) is 1.91. The summed E-state index contributed by atoms with van der Waals surface area (Å²) >= 11 is 7.19. The van der Waals surface area contributed by atoms with Crippen LogP contribution in [0.4, 0.5) is 0 Å². The average molecular weight is 197 g/mol. The Morgan fingerprint density at radius 2 is 1.55 bits per heavy atom. The van der Waals surface area contributed by atoms with E-state index >= 15 is 0 Å². The smallest absolute Gasteiger partial charge is 0.0814 e. The Morgan fingerprint density at radius 1 is 1.09 bits per heavy atom. The number of hydrogen-bond donors (Lipinski definition) is 0. The van der Waals surface area contributed by atoms with Crippen molar-refractivity contribution in [3.63, 3.8) is 0 Å². The molecule has 0 N–H and O–H groups in total. The number of halogens is 1. The van der Waals surface area contributed by atoms with E-state index in [4.69, 9.17) is 11.6 Å². The van der Waals surface area contributed by atoms with Crippen LogP contribution in [0.5, 0.6) is 0 Å². The Bertz CT molecular complexity index is 41.1. The van der Waals surface area contributed by atoms with Crippen molar-refractivity contribution >= 4 is 31.8 Å². The van der Waals surface area contributed by atoms with Crippen molar-refractivity contribution in [2.24, 2.45) is 0 Å². The van der Waals surface area contributed by atoms with E-state index < -0.39 is 0 Å². The first-order valence-electron chi connectivity index (χ1n) is 3.79. The highest BCUT2D eigenvalue weighted by Gasteiger charge is 1.81. The Labute approximate surface area is 83.0 Å². The molecular weight excluding hydrogens is 174 g/mol. The molecule has 0 fully saturated rings. The normalized spacial score (nSPS) is 7.64. The third kappa shape index (κ3) is 36.6. The standard InChI is InChI=1S/C6H13Cl.C2H6S.BH3/c1-2-3-4-5-6-7;1-3-2;/h2-6H2,1H3;1-2H3;1H3. The molecule has 70 valence electrons. The second kappa shape index (κ2) is 22.4. The molecule has 0 aliphatic carbocycles. The van der Waals surface area contributed by atoms with Crippen LogP contribution in [0, 0.1) is 0 Å². The molecule has 0 saturated heterocycles. The summed E-state index contributed by atoms with van der Waals surface area (Å²) in [6, 6.07) is 0. The molecular formula is C8H22BClS. The lowest BCUT2D eigenvalue weighted by molar-refractivity contribution is 0.705. The lowest BCUT2D eigenvalue weighted by Crippen LogP contribution is -1.74. The summed E-state index contributed by atoms with van der Waals surface area (Å²) in [5, 5.41) is 0. The molecule has 0 nitrogen and oxygen atoms in total. The molecule has 0 rings (SSSR count). The second-order valence-electron chi connectivity index (χ2n) is 2.16. The number of rotatable bonds is 4. The fraction of sp³-hybridized carbons (Fsp3) is 1.00. The zero-order valence-electron chi connectivity index (χ0n) is 7.32. The molecule has 0 unspecified atom stereocenters. The van der Waals surface area contributed by atoms with Gasteiger partial charge in [0.1, 0.15) is 0 Å². The molecule has 0 bridgehead atoms. The number of thioether (sulfide) groups is 1. The summed E-state index contributed by atoms with van der Waals surface area (Å²) in [6.45, 7) is 2.20. The van der Waals surface area contributed by atoms with Crippen molar-refractivity contribution in [3.8, 4) is 0 Å². The van der Waals surface area contributed by atoms with Gasteiger partial charge >= 0.3 is 0 Å². The van der Waals surface area contributed by atoms with Gasteiger partial charge in [-0.3, -0.25) is 0 Å². The van der Waals surface area contributed by atoms with Crippen molar-refractivity contribution in [2.45, 2.75) is 32.6 Å². The van der Waals surface area contributed by atoms with Crippen molar-refractivity contribution in [2.75, 3.05) is 18.4 Å². The van der Waals surface area contributed by atoms with E-state index in [1.165, 1.54) is 25.7 Å². The molecule has 0 atom stereocenters. The zero-order chi connectivity index (χ0) is 8.24. The van der Waals surface area contributed by atoms with Crippen molar-refractivity contribution < 1.29 is 0 Å². The Hall–Kier alpha value is 0.705. The first-order chi connectivity index (χ1) is 4.83. The molecule has 0 aliphatic rings. The van der Waals surface area contributed by atoms with Crippen LogP contribution in [-0.2, 0) is 0 Å². The summed E-state index contributed by atoms with van der Waals surface area (Å²) in [6.07, 6.45) is 9.22. The highest BCUT2D eigenvalue weighted by atomic mass is 35.5. The van der Waals surface area contributed by atoms with Gasteiger partial charge in [-0.15, -0.1) is 11.6 Å². The number of alkyl halides is 1. The van der Waals surface area contributed by atoms with Crippen molar-refractivity contribution in [3.05, 3.63) is 0 Å². The Morgan fingerprint density at radius 3 is 1.82 bits per heavy atom. The van der Waals surface area contributed by atoms with Gasteiger partial charge in [-0.2, -0.15) is 11.8 Å². The fourth-order valence-corrected chi connectivity index (χ4v) is 0.710. The first kappa shape index (κ1) is 17.7. The van der Waals surface area contributed by atoms with E-state index in [-0.39, 0.29) is 8.41 Å². The van der Waals surface area contributed by atoms with E-state index in [0.29, 0.717) is 0 Å². The van der Waals surface area contributed by atoms with Crippen LogP contribution in [0.25, 0.3) is 0 Å². The van der Waals surface area contributed by atoms with Crippen LogP contribution in [-0.4, -0.2) is 26.8 Å². The van der Waals surface area contributed by atoms with E-state index in [2.05, 4.69) is 6.92 Å². The highest BCUT2D eigenvalue weighted by molar-refractivity contribution is 7.97. The highest BCUT2D eigenvalue weighted by Crippen LogP contribution is 1.98. The maximum atomic E-state index is 5.44. The molecule has 0 saturated carbocycles. The van der Waals surface area contributed by atoms with Gasteiger partial charge in [-0.05, 0) is 18.9 Å². The summed E-state index contributed by atoms with van der Waals surface area (Å²) in [4.78, 5) is 0. The fourth-order valence-electron chi connectivity index (χ4n) is 0.521. The maximum Gasteiger partial charge on any atom is 0.0814 e. The molecule has 0 radical (unpaired) electrons. The Kier molecular flexibility index (Phi) is 36.1. The predicted molar refractivity (Wildman–Crippen MR) is 64.2 cm³/mol.